The Balaban J connectivity index is 2.23. The van der Waals surface area contributed by atoms with Gasteiger partial charge in [0.1, 0.15) is 0 Å². The predicted octanol–water partition coefficient (Wildman–Crippen LogP) is 0.931. The number of nitrogens with two attached hydrogens (primary N) is 1. The molecule has 1 amide bonds. The predicted molar refractivity (Wildman–Crippen MR) is 96.0 cm³/mol. The van der Waals surface area contributed by atoms with Crippen LogP contribution in [0.4, 0.5) is 0 Å². The first kappa shape index (κ1) is 19.5. The summed E-state index contributed by atoms with van der Waals surface area (Å²) < 4.78 is 16.2. The molecule has 0 saturated carbocycles. The van der Waals surface area contributed by atoms with E-state index in [1.807, 2.05) is 18.2 Å². The van der Waals surface area contributed by atoms with Gasteiger partial charge in [0.2, 0.25) is 5.91 Å². The summed E-state index contributed by atoms with van der Waals surface area (Å²) in [4.78, 5) is 14.5. The van der Waals surface area contributed by atoms with Gasteiger partial charge < -0.3 is 25.3 Å². The van der Waals surface area contributed by atoms with E-state index in [4.69, 9.17) is 19.9 Å². The Labute approximate surface area is 149 Å². The number of rotatable bonds is 7. The van der Waals surface area contributed by atoms with Crippen LogP contribution in [0.2, 0.25) is 0 Å². The highest BCUT2D eigenvalue weighted by atomic mass is 16.5. The monoisotopic (exact) mass is 351 g/mol. The Bertz CT molecular complexity index is 580. The zero-order valence-corrected chi connectivity index (χ0v) is 15.5. The lowest BCUT2D eigenvalue weighted by atomic mass is 10.0. The lowest BCUT2D eigenvalue weighted by Gasteiger charge is -2.35. The summed E-state index contributed by atoms with van der Waals surface area (Å²) in [6.07, 6.45) is 0. The number of benzene rings is 1. The lowest BCUT2D eigenvalue weighted by Crippen LogP contribution is -2.51. The number of carbonyl (C=O) groups excluding carboxylic acids is 1. The van der Waals surface area contributed by atoms with Gasteiger partial charge in [-0.3, -0.25) is 9.69 Å². The first-order valence-electron chi connectivity index (χ1n) is 8.47. The Hall–Kier alpha value is -1.83. The van der Waals surface area contributed by atoms with E-state index < -0.39 is 5.54 Å². The number of hydrogen-bond acceptors (Lipinski definition) is 6. The molecule has 0 spiro atoms. The third kappa shape index (κ3) is 5.07. The number of methoxy groups -OCH3 is 2. The van der Waals surface area contributed by atoms with Crippen molar-refractivity contribution in [3.63, 3.8) is 0 Å². The van der Waals surface area contributed by atoms with Gasteiger partial charge >= 0.3 is 0 Å². The molecule has 140 valence electrons. The molecule has 0 radical (unpaired) electrons. The molecular weight excluding hydrogens is 322 g/mol. The van der Waals surface area contributed by atoms with Crippen LogP contribution in [-0.2, 0) is 9.53 Å². The van der Waals surface area contributed by atoms with Gasteiger partial charge in [0, 0.05) is 19.6 Å². The standard InChI is InChI=1S/C18H29N3O4/c1-18(2,19)17(22)20-12-14(21-7-9-25-10-8-21)13-5-6-15(23-3)16(11-13)24-4/h5-6,11,14H,7-10,12,19H2,1-4H3,(H,20,22). The van der Waals surface area contributed by atoms with E-state index in [2.05, 4.69) is 10.2 Å². The van der Waals surface area contributed by atoms with E-state index in [0.717, 1.165) is 18.7 Å². The van der Waals surface area contributed by atoms with E-state index in [-0.39, 0.29) is 11.9 Å². The maximum Gasteiger partial charge on any atom is 0.239 e. The van der Waals surface area contributed by atoms with E-state index in [1.165, 1.54) is 0 Å². The fraction of sp³-hybridized carbons (Fsp3) is 0.611. The van der Waals surface area contributed by atoms with Gasteiger partial charge in [0.25, 0.3) is 0 Å². The molecule has 1 aromatic rings. The van der Waals surface area contributed by atoms with Crippen LogP contribution in [0.3, 0.4) is 0 Å². The zero-order valence-electron chi connectivity index (χ0n) is 15.5. The van der Waals surface area contributed by atoms with Crippen LogP contribution >= 0.6 is 0 Å². The summed E-state index contributed by atoms with van der Waals surface area (Å²) in [6, 6.07) is 5.85. The van der Waals surface area contributed by atoms with Gasteiger partial charge in [-0.05, 0) is 31.5 Å². The van der Waals surface area contributed by atoms with Gasteiger partial charge in [-0.25, -0.2) is 0 Å². The third-order valence-corrected chi connectivity index (χ3v) is 4.32. The van der Waals surface area contributed by atoms with Crippen molar-refractivity contribution in [3.05, 3.63) is 23.8 Å². The molecule has 25 heavy (non-hydrogen) atoms. The molecule has 1 atom stereocenters. The topological polar surface area (TPSA) is 86.0 Å². The fourth-order valence-corrected chi connectivity index (χ4v) is 2.82. The number of nitrogens with zero attached hydrogens (tertiary/aromatic N) is 1. The van der Waals surface area contributed by atoms with Crippen molar-refractivity contribution in [3.8, 4) is 11.5 Å². The Morgan fingerprint density at radius 2 is 1.92 bits per heavy atom. The van der Waals surface area contributed by atoms with Crippen molar-refractivity contribution in [1.29, 1.82) is 0 Å². The summed E-state index contributed by atoms with van der Waals surface area (Å²) in [7, 11) is 3.23. The molecule has 1 aliphatic heterocycles. The molecule has 0 aliphatic carbocycles. The Kier molecular flexibility index (Phi) is 6.64. The molecule has 3 N–H and O–H groups in total. The number of hydrogen-bond donors (Lipinski definition) is 2. The second-order valence-electron chi connectivity index (χ2n) is 6.71. The molecule has 1 heterocycles. The molecule has 0 bridgehead atoms. The highest BCUT2D eigenvalue weighted by Crippen LogP contribution is 2.32. The van der Waals surface area contributed by atoms with Crippen LogP contribution in [0.15, 0.2) is 18.2 Å². The maximum absolute atomic E-state index is 12.2. The van der Waals surface area contributed by atoms with E-state index in [0.29, 0.717) is 31.3 Å². The molecule has 1 aliphatic rings. The molecule has 0 aromatic heterocycles. The Morgan fingerprint density at radius 1 is 1.28 bits per heavy atom. The fourth-order valence-electron chi connectivity index (χ4n) is 2.82. The van der Waals surface area contributed by atoms with Gasteiger partial charge in [-0.2, -0.15) is 0 Å². The summed E-state index contributed by atoms with van der Waals surface area (Å²) in [6.45, 7) is 6.84. The van der Waals surface area contributed by atoms with E-state index >= 15 is 0 Å². The number of amides is 1. The van der Waals surface area contributed by atoms with Crippen molar-refractivity contribution >= 4 is 5.91 Å². The molecule has 2 rings (SSSR count). The van der Waals surface area contributed by atoms with E-state index in [1.54, 1.807) is 28.1 Å². The van der Waals surface area contributed by atoms with Gasteiger partial charge in [0.05, 0.1) is 39.0 Å². The molecule has 1 fully saturated rings. The molecule has 1 aromatic carbocycles. The smallest absolute Gasteiger partial charge is 0.239 e. The molecule has 7 heteroatoms. The zero-order chi connectivity index (χ0) is 18.4. The van der Waals surface area contributed by atoms with Crippen LogP contribution in [0, 0.1) is 0 Å². The van der Waals surface area contributed by atoms with Crippen molar-refractivity contribution in [2.24, 2.45) is 5.73 Å². The van der Waals surface area contributed by atoms with Crippen LogP contribution in [-0.4, -0.2) is 63.4 Å². The van der Waals surface area contributed by atoms with Crippen molar-refractivity contribution < 1.29 is 19.0 Å². The lowest BCUT2D eigenvalue weighted by molar-refractivity contribution is -0.125. The number of carbonyl (C=O) groups is 1. The summed E-state index contributed by atoms with van der Waals surface area (Å²) in [5.41, 5.74) is 6.02. The van der Waals surface area contributed by atoms with Crippen LogP contribution in [0.5, 0.6) is 11.5 Å². The molecule has 1 unspecified atom stereocenters. The molecule has 7 nitrogen and oxygen atoms in total. The van der Waals surface area contributed by atoms with Crippen molar-refractivity contribution in [2.75, 3.05) is 47.1 Å². The average molecular weight is 351 g/mol. The highest BCUT2D eigenvalue weighted by Gasteiger charge is 2.27. The minimum Gasteiger partial charge on any atom is -0.493 e. The summed E-state index contributed by atoms with van der Waals surface area (Å²) in [5.74, 6) is 1.18. The Morgan fingerprint density at radius 3 is 2.48 bits per heavy atom. The van der Waals surface area contributed by atoms with Crippen LogP contribution in [0.25, 0.3) is 0 Å². The summed E-state index contributed by atoms with van der Waals surface area (Å²) in [5, 5.41) is 2.97. The first-order chi connectivity index (χ1) is 11.9. The minimum absolute atomic E-state index is 0.00926. The number of morpholine rings is 1. The normalized spacial score (nSPS) is 17.0. The van der Waals surface area contributed by atoms with Gasteiger partial charge in [-0.1, -0.05) is 6.07 Å². The third-order valence-electron chi connectivity index (χ3n) is 4.32. The SMILES string of the molecule is COc1ccc(C(CNC(=O)C(C)(C)N)N2CCOCC2)cc1OC. The second kappa shape index (κ2) is 8.51. The first-order valence-corrected chi connectivity index (χ1v) is 8.47. The van der Waals surface area contributed by atoms with E-state index in [9.17, 15) is 4.79 Å². The van der Waals surface area contributed by atoms with Crippen LogP contribution < -0.4 is 20.5 Å². The highest BCUT2D eigenvalue weighted by molar-refractivity contribution is 5.85. The quantitative estimate of drug-likeness (QED) is 0.760. The molecule has 1 saturated heterocycles. The van der Waals surface area contributed by atoms with Gasteiger partial charge in [-0.15, -0.1) is 0 Å². The molecular formula is C18H29N3O4. The minimum atomic E-state index is -0.910. The average Bonchev–Trinajstić information content (AvgIpc) is 2.61. The van der Waals surface area contributed by atoms with Gasteiger partial charge in [0.15, 0.2) is 11.5 Å². The summed E-state index contributed by atoms with van der Waals surface area (Å²) >= 11 is 0. The van der Waals surface area contributed by atoms with Crippen molar-refractivity contribution in [1.82, 2.24) is 10.2 Å². The number of nitrogens with one attached hydrogen (secondary N) is 1. The van der Waals surface area contributed by atoms with Crippen molar-refractivity contribution in [2.45, 2.75) is 25.4 Å². The number of ether oxygens (including phenoxy) is 3. The maximum atomic E-state index is 12.2. The largest absolute Gasteiger partial charge is 0.493 e. The van der Waals surface area contributed by atoms with Crippen LogP contribution in [0.1, 0.15) is 25.5 Å². The second-order valence-corrected chi connectivity index (χ2v) is 6.71.